The highest BCUT2D eigenvalue weighted by atomic mass is 32.1. The van der Waals surface area contributed by atoms with E-state index in [1.54, 1.807) is 7.11 Å². The first-order chi connectivity index (χ1) is 4.76. The fourth-order valence-electron chi connectivity index (χ4n) is 1.31. The first-order valence-corrected chi connectivity index (χ1v) is 3.97. The van der Waals surface area contributed by atoms with Crippen LogP contribution in [0.3, 0.4) is 0 Å². The van der Waals surface area contributed by atoms with Gasteiger partial charge in [-0.05, 0) is 24.5 Å². The molecular formula is C7H11NOS. The zero-order chi connectivity index (χ0) is 7.61. The summed E-state index contributed by atoms with van der Waals surface area (Å²) in [5, 5.41) is 8.65. The zero-order valence-electron chi connectivity index (χ0n) is 6.00. The molecule has 0 unspecified atom stereocenters. The fraction of sp³-hybridized carbons (Fsp3) is 0.857. The van der Waals surface area contributed by atoms with Gasteiger partial charge in [0.25, 0.3) is 0 Å². The van der Waals surface area contributed by atoms with E-state index in [9.17, 15) is 0 Å². The lowest BCUT2D eigenvalue weighted by molar-refractivity contribution is -0.0529. The second-order valence-electron chi connectivity index (χ2n) is 2.77. The number of rotatable bonds is 2. The fourth-order valence-corrected chi connectivity index (χ4v) is 1.56. The normalized spacial score (nSPS) is 38.3. The predicted octanol–water partition coefficient (Wildman–Crippen LogP) is 1.23. The Hall–Kier alpha value is -0.200. The molecule has 0 aromatic rings. The van der Waals surface area contributed by atoms with Crippen molar-refractivity contribution < 1.29 is 4.74 Å². The molecule has 1 fully saturated rings. The Labute approximate surface area is 66.6 Å². The Morgan fingerprint density at radius 1 is 1.80 bits per heavy atom. The van der Waals surface area contributed by atoms with Crippen molar-refractivity contribution in [3.05, 3.63) is 0 Å². The van der Waals surface area contributed by atoms with Gasteiger partial charge in [-0.1, -0.05) is 0 Å². The van der Waals surface area contributed by atoms with Crippen molar-refractivity contribution in [3.63, 3.8) is 0 Å². The third-order valence-corrected chi connectivity index (χ3v) is 2.61. The van der Waals surface area contributed by atoms with Gasteiger partial charge in [-0.25, -0.2) is 0 Å². The van der Waals surface area contributed by atoms with Gasteiger partial charge in [0.05, 0.1) is 6.07 Å². The van der Waals surface area contributed by atoms with Crippen molar-refractivity contribution in [2.75, 3.05) is 12.9 Å². The van der Waals surface area contributed by atoms with Crippen LogP contribution in [-0.4, -0.2) is 18.5 Å². The third-order valence-electron chi connectivity index (χ3n) is 2.09. The van der Waals surface area contributed by atoms with Crippen molar-refractivity contribution in [2.24, 2.45) is 5.92 Å². The molecular weight excluding hydrogens is 146 g/mol. The molecule has 0 aromatic heterocycles. The summed E-state index contributed by atoms with van der Waals surface area (Å²) in [6.45, 7) is 0. The van der Waals surface area contributed by atoms with E-state index in [4.69, 9.17) is 10.00 Å². The van der Waals surface area contributed by atoms with Crippen LogP contribution in [0.25, 0.3) is 0 Å². The largest absolute Gasteiger partial charge is 0.363 e. The predicted molar refractivity (Wildman–Crippen MR) is 41.9 cm³/mol. The minimum Gasteiger partial charge on any atom is -0.363 e. The van der Waals surface area contributed by atoms with Gasteiger partial charge in [-0.15, -0.1) is 0 Å². The van der Waals surface area contributed by atoms with Crippen LogP contribution >= 0.6 is 12.6 Å². The van der Waals surface area contributed by atoms with Crippen LogP contribution in [0.15, 0.2) is 0 Å². The molecule has 0 N–H and O–H groups in total. The summed E-state index contributed by atoms with van der Waals surface area (Å²) in [6, 6.07) is 2.17. The molecule has 0 heterocycles. The summed E-state index contributed by atoms with van der Waals surface area (Å²) in [5.41, 5.74) is -0.465. The van der Waals surface area contributed by atoms with Gasteiger partial charge < -0.3 is 4.74 Å². The van der Waals surface area contributed by atoms with Crippen molar-refractivity contribution in [2.45, 2.75) is 18.4 Å². The number of thiol groups is 1. The maximum absolute atomic E-state index is 8.65. The monoisotopic (exact) mass is 157 g/mol. The van der Waals surface area contributed by atoms with Crippen molar-refractivity contribution in [1.29, 1.82) is 5.26 Å². The Morgan fingerprint density at radius 2 is 2.40 bits per heavy atom. The van der Waals surface area contributed by atoms with E-state index in [2.05, 4.69) is 18.7 Å². The van der Waals surface area contributed by atoms with Crippen molar-refractivity contribution >= 4 is 12.6 Å². The molecule has 2 nitrogen and oxygen atoms in total. The smallest absolute Gasteiger partial charge is 0.154 e. The summed E-state index contributed by atoms with van der Waals surface area (Å²) in [5.74, 6) is 1.45. The molecule has 0 atom stereocenters. The maximum atomic E-state index is 8.65. The quantitative estimate of drug-likeness (QED) is 0.612. The van der Waals surface area contributed by atoms with Crippen LogP contribution in [0, 0.1) is 17.2 Å². The molecule has 0 radical (unpaired) electrons. The summed E-state index contributed by atoms with van der Waals surface area (Å²) in [7, 11) is 1.60. The number of methoxy groups -OCH3 is 1. The number of ether oxygens (including phenoxy) is 1. The van der Waals surface area contributed by atoms with E-state index in [0.29, 0.717) is 5.92 Å². The molecule has 1 rings (SSSR count). The van der Waals surface area contributed by atoms with E-state index in [0.717, 1.165) is 18.6 Å². The van der Waals surface area contributed by atoms with Crippen LogP contribution in [0.2, 0.25) is 0 Å². The van der Waals surface area contributed by atoms with Gasteiger partial charge in [-0.3, -0.25) is 0 Å². The average Bonchev–Trinajstić information content (AvgIpc) is 1.89. The van der Waals surface area contributed by atoms with Gasteiger partial charge in [0.1, 0.15) is 0 Å². The topological polar surface area (TPSA) is 33.0 Å². The third kappa shape index (κ3) is 1.14. The number of hydrogen-bond donors (Lipinski definition) is 1. The van der Waals surface area contributed by atoms with Crippen LogP contribution in [0.5, 0.6) is 0 Å². The maximum Gasteiger partial charge on any atom is 0.154 e. The van der Waals surface area contributed by atoms with E-state index >= 15 is 0 Å². The molecule has 0 saturated heterocycles. The van der Waals surface area contributed by atoms with Crippen molar-refractivity contribution in [3.8, 4) is 6.07 Å². The van der Waals surface area contributed by atoms with Gasteiger partial charge in [0.15, 0.2) is 5.60 Å². The SMILES string of the molecule is CO[C@]1(C#N)C[C@@H](CS)C1. The average molecular weight is 157 g/mol. The van der Waals surface area contributed by atoms with Gasteiger partial charge in [0, 0.05) is 7.11 Å². The Morgan fingerprint density at radius 3 is 2.70 bits per heavy atom. The zero-order valence-corrected chi connectivity index (χ0v) is 6.90. The lowest BCUT2D eigenvalue weighted by atomic mass is 9.72. The van der Waals surface area contributed by atoms with E-state index in [-0.39, 0.29) is 0 Å². The summed E-state index contributed by atoms with van der Waals surface area (Å²) < 4.78 is 5.06. The van der Waals surface area contributed by atoms with E-state index in [1.807, 2.05) is 0 Å². The van der Waals surface area contributed by atoms with E-state index < -0.39 is 5.60 Å². The molecule has 1 aliphatic carbocycles. The van der Waals surface area contributed by atoms with Gasteiger partial charge in [0.2, 0.25) is 0 Å². The second kappa shape index (κ2) is 2.81. The molecule has 0 aromatic carbocycles. The highest BCUT2D eigenvalue weighted by Gasteiger charge is 2.44. The molecule has 0 aliphatic heterocycles. The molecule has 0 bridgehead atoms. The lowest BCUT2D eigenvalue weighted by Gasteiger charge is -2.40. The number of nitriles is 1. The van der Waals surface area contributed by atoms with Crippen LogP contribution < -0.4 is 0 Å². The molecule has 1 saturated carbocycles. The van der Waals surface area contributed by atoms with Crippen molar-refractivity contribution in [1.82, 2.24) is 0 Å². The molecule has 0 spiro atoms. The first kappa shape index (κ1) is 7.90. The van der Waals surface area contributed by atoms with Crippen LogP contribution in [-0.2, 0) is 4.74 Å². The van der Waals surface area contributed by atoms with Crippen LogP contribution in [0.1, 0.15) is 12.8 Å². The lowest BCUT2D eigenvalue weighted by Crippen LogP contribution is -2.44. The Balaban J connectivity index is 2.41. The Kier molecular flexibility index (Phi) is 2.22. The van der Waals surface area contributed by atoms with E-state index in [1.165, 1.54) is 0 Å². The second-order valence-corrected chi connectivity index (χ2v) is 3.13. The summed E-state index contributed by atoms with van der Waals surface area (Å²) in [4.78, 5) is 0. The van der Waals surface area contributed by atoms with Gasteiger partial charge >= 0.3 is 0 Å². The molecule has 56 valence electrons. The molecule has 3 heteroatoms. The minimum absolute atomic E-state index is 0.465. The minimum atomic E-state index is -0.465. The number of hydrogen-bond acceptors (Lipinski definition) is 3. The van der Waals surface area contributed by atoms with Crippen LogP contribution in [0.4, 0.5) is 0 Å². The van der Waals surface area contributed by atoms with Gasteiger partial charge in [-0.2, -0.15) is 17.9 Å². The Bertz CT molecular complexity index is 157. The summed E-state index contributed by atoms with van der Waals surface area (Å²) >= 11 is 4.14. The highest BCUT2D eigenvalue weighted by molar-refractivity contribution is 7.80. The molecule has 10 heavy (non-hydrogen) atoms. The highest BCUT2D eigenvalue weighted by Crippen LogP contribution is 2.40. The standard InChI is InChI=1S/C7H11NOS/c1-9-7(5-8)2-6(3-7)4-10/h6,10H,2-4H2,1H3/t6-,7-. The first-order valence-electron chi connectivity index (χ1n) is 3.33. The number of nitrogens with zero attached hydrogens (tertiary/aromatic N) is 1. The summed E-state index contributed by atoms with van der Waals surface area (Å²) in [6.07, 6.45) is 1.70. The molecule has 1 aliphatic rings. The molecule has 0 amide bonds.